The summed E-state index contributed by atoms with van der Waals surface area (Å²) in [6.07, 6.45) is 0. The van der Waals surface area contributed by atoms with E-state index < -0.39 is 0 Å². The van der Waals surface area contributed by atoms with Crippen LogP contribution in [0.5, 0.6) is 0 Å². The van der Waals surface area contributed by atoms with E-state index in [9.17, 15) is 0 Å². The number of halogens is 2. The molecule has 2 aromatic rings. The second-order valence-electron chi connectivity index (χ2n) is 2.68. The van der Waals surface area contributed by atoms with Gasteiger partial charge in [-0.1, -0.05) is 27.5 Å². The third kappa shape index (κ3) is 1.28. The van der Waals surface area contributed by atoms with Crippen LogP contribution in [0, 0.1) is 6.92 Å². The Morgan fingerprint density at radius 2 is 2.17 bits per heavy atom. The van der Waals surface area contributed by atoms with Crippen LogP contribution >= 0.6 is 38.9 Å². The maximum absolute atomic E-state index is 6.06. The van der Waals surface area contributed by atoms with E-state index in [1.54, 1.807) is 11.3 Å². The Morgan fingerprint density at radius 3 is 2.92 bits per heavy atom. The van der Waals surface area contributed by atoms with Crippen LogP contribution in [-0.2, 0) is 0 Å². The van der Waals surface area contributed by atoms with Gasteiger partial charge in [0.25, 0.3) is 0 Å². The molecule has 0 amide bonds. The molecule has 0 nitrogen and oxygen atoms in total. The molecule has 2 rings (SSSR count). The van der Waals surface area contributed by atoms with Crippen LogP contribution in [0.3, 0.4) is 0 Å². The van der Waals surface area contributed by atoms with Gasteiger partial charge in [-0.25, -0.2) is 0 Å². The van der Waals surface area contributed by atoms with Crippen molar-refractivity contribution in [2.45, 2.75) is 6.92 Å². The summed E-state index contributed by atoms with van der Waals surface area (Å²) in [5, 5.41) is 4.21. The van der Waals surface area contributed by atoms with Gasteiger partial charge >= 0.3 is 0 Å². The highest BCUT2D eigenvalue weighted by atomic mass is 79.9. The van der Waals surface area contributed by atoms with Gasteiger partial charge in [-0.3, -0.25) is 0 Å². The lowest BCUT2D eigenvalue weighted by atomic mass is 10.2. The molecule has 0 atom stereocenters. The Morgan fingerprint density at radius 1 is 1.42 bits per heavy atom. The van der Waals surface area contributed by atoms with Crippen molar-refractivity contribution < 1.29 is 0 Å². The van der Waals surface area contributed by atoms with Crippen LogP contribution in [0.4, 0.5) is 0 Å². The molecule has 0 aliphatic heterocycles. The molecule has 0 aliphatic rings. The minimum Gasteiger partial charge on any atom is -0.142 e. The molecule has 0 bridgehead atoms. The van der Waals surface area contributed by atoms with Gasteiger partial charge in [0.15, 0.2) is 0 Å². The van der Waals surface area contributed by atoms with Crippen LogP contribution in [0.15, 0.2) is 22.0 Å². The van der Waals surface area contributed by atoms with Crippen molar-refractivity contribution in [1.29, 1.82) is 0 Å². The summed E-state index contributed by atoms with van der Waals surface area (Å²) in [5.74, 6) is 0. The van der Waals surface area contributed by atoms with Gasteiger partial charge in [0.05, 0.1) is 9.72 Å². The highest BCUT2D eigenvalue weighted by molar-refractivity contribution is 9.10. The molecule has 1 aromatic heterocycles. The van der Waals surface area contributed by atoms with Crippen molar-refractivity contribution in [2.24, 2.45) is 0 Å². The molecule has 0 spiro atoms. The summed E-state index contributed by atoms with van der Waals surface area (Å²) >= 11 is 11.2. The van der Waals surface area contributed by atoms with Gasteiger partial charge in [0, 0.05) is 4.47 Å². The van der Waals surface area contributed by atoms with E-state index in [2.05, 4.69) is 34.3 Å². The van der Waals surface area contributed by atoms with Crippen LogP contribution in [0.25, 0.3) is 10.1 Å². The minimum atomic E-state index is 0.831. The minimum absolute atomic E-state index is 0.831. The molecule has 1 heterocycles. The van der Waals surface area contributed by atoms with Gasteiger partial charge in [0.2, 0.25) is 0 Å². The van der Waals surface area contributed by atoms with Gasteiger partial charge in [0.1, 0.15) is 0 Å². The quantitative estimate of drug-likeness (QED) is 0.649. The van der Waals surface area contributed by atoms with Crippen LogP contribution in [-0.4, -0.2) is 0 Å². The number of hydrogen-bond donors (Lipinski definition) is 0. The van der Waals surface area contributed by atoms with Crippen LogP contribution in [0.1, 0.15) is 5.56 Å². The summed E-state index contributed by atoms with van der Waals surface area (Å²) in [7, 11) is 0. The molecular weight excluding hydrogens is 256 g/mol. The average Bonchev–Trinajstić information content (AvgIpc) is 2.33. The molecule has 0 saturated heterocycles. The maximum Gasteiger partial charge on any atom is 0.0595 e. The summed E-state index contributed by atoms with van der Waals surface area (Å²) in [4.78, 5) is 0. The lowest BCUT2D eigenvalue weighted by molar-refractivity contribution is 1.59. The number of hydrogen-bond acceptors (Lipinski definition) is 1. The van der Waals surface area contributed by atoms with Crippen LogP contribution < -0.4 is 0 Å². The summed E-state index contributed by atoms with van der Waals surface area (Å²) in [5.41, 5.74) is 1.29. The van der Waals surface area contributed by atoms with Crippen molar-refractivity contribution in [1.82, 2.24) is 0 Å². The maximum atomic E-state index is 6.06. The Hall–Kier alpha value is -0.0500. The summed E-state index contributed by atoms with van der Waals surface area (Å²) < 4.78 is 2.22. The molecule has 0 N–H and O–H groups in total. The van der Waals surface area contributed by atoms with E-state index in [-0.39, 0.29) is 0 Å². The molecule has 0 radical (unpaired) electrons. The topological polar surface area (TPSA) is 0 Å². The molecule has 0 unspecified atom stereocenters. The average molecular weight is 262 g/mol. The van der Waals surface area contributed by atoms with E-state index >= 15 is 0 Å². The fourth-order valence-corrected chi connectivity index (χ4v) is 3.07. The summed E-state index contributed by atoms with van der Waals surface area (Å²) in [6.45, 7) is 2.10. The van der Waals surface area contributed by atoms with E-state index in [4.69, 9.17) is 11.6 Å². The largest absolute Gasteiger partial charge is 0.142 e. The molecule has 0 fully saturated rings. The second kappa shape index (κ2) is 3.02. The smallest absolute Gasteiger partial charge is 0.0595 e. The third-order valence-electron chi connectivity index (χ3n) is 1.79. The molecule has 0 saturated carbocycles. The third-order valence-corrected chi connectivity index (χ3v) is 3.80. The van der Waals surface area contributed by atoms with Crippen molar-refractivity contribution in [3.05, 3.63) is 32.6 Å². The van der Waals surface area contributed by atoms with Gasteiger partial charge < -0.3 is 0 Å². The molecular formula is C9H6BrClS. The number of benzene rings is 1. The Labute approximate surface area is 88.3 Å². The first-order chi connectivity index (χ1) is 5.68. The van der Waals surface area contributed by atoms with Crippen molar-refractivity contribution in [3.8, 4) is 0 Å². The zero-order chi connectivity index (χ0) is 8.72. The first-order valence-electron chi connectivity index (χ1n) is 3.51. The van der Waals surface area contributed by atoms with E-state index in [0.29, 0.717) is 0 Å². The number of rotatable bonds is 0. The van der Waals surface area contributed by atoms with Crippen LogP contribution in [0.2, 0.25) is 5.02 Å². The monoisotopic (exact) mass is 260 g/mol. The number of fused-ring (bicyclic) bond motifs is 1. The summed E-state index contributed by atoms with van der Waals surface area (Å²) in [6, 6.07) is 4.03. The lowest BCUT2D eigenvalue weighted by Crippen LogP contribution is -1.70. The molecule has 1 aromatic carbocycles. The predicted molar refractivity (Wildman–Crippen MR) is 59.3 cm³/mol. The fraction of sp³-hybridized carbons (Fsp3) is 0.111. The normalized spacial score (nSPS) is 10.9. The zero-order valence-corrected chi connectivity index (χ0v) is 9.55. The number of thiophene rings is 1. The molecule has 12 heavy (non-hydrogen) atoms. The van der Waals surface area contributed by atoms with Gasteiger partial charge in [-0.2, -0.15) is 0 Å². The lowest BCUT2D eigenvalue weighted by Gasteiger charge is -1.96. The first-order valence-corrected chi connectivity index (χ1v) is 5.56. The van der Waals surface area contributed by atoms with Crippen molar-refractivity contribution in [3.63, 3.8) is 0 Å². The standard InChI is InChI=1S/C9H6BrClS/c1-5-4-12-9-7(5)2-6(10)3-8(9)11/h2-4H,1H3. The molecule has 3 heteroatoms. The Balaban J connectivity index is 2.92. The van der Waals surface area contributed by atoms with E-state index in [0.717, 1.165) is 9.50 Å². The first kappa shape index (κ1) is 8.54. The number of aryl methyl sites for hydroxylation is 1. The predicted octanol–water partition coefficient (Wildman–Crippen LogP) is 4.63. The fourth-order valence-electron chi connectivity index (χ4n) is 1.18. The van der Waals surface area contributed by atoms with Crippen molar-refractivity contribution in [2.75, 3.05) is 0 Å². The van der Waals surface area contributed by atoms with Gasteiger partial charge in [-0.15, -0.1) is 11.3 Å². The zero-order valence-electron chi connectivity index (χ0n) is 6.40. The Bertz CT molecular complexity index is 433. The Kier molecular flexibility index (Phi) is 2.15. The second-order valence-corrected chi connectivity index (χ2v) is 4.89. The molecule has 62 valence electrons. The SMILES string of the molecule is Cc1csc2c(Cl)cc(Br)cc12. The van der Waals surface area contributed by atoms with Crippen molar-refractivity contribution >= 4 is 49.0 Å². The molecule has 0 aliphatic carbocycles. The highest BCUT2D eigenvalue weighted by Gasteiger charge is 2.04. The van der Waals surface area contributed by atoms with E-state index in [1.807, 2.05) is 6.07 Å². The van der Waals surface area contributed by atoms with E-state index in [1.165, 1.54) is 15.6 Å². The van der Waals surface area contributed by atoms with Gasteiger partial charge in [-0.05, 0) is 35.4 Å². The highest BCUT2D eigenvalue weighted by Crippen LogP contribution is 2.34.